The van der Waals surface area contributed by atoms with Gasteiger partial charge < -0.3 is 15.8 Å². The van der Waals surface area contributed by atoms with Crippen molar-refractivity contribution in [2.45, 2.75) is 58.2 Å². The number of amides is 1. The summed E-state index contributed by atoms with van der Waals surface area (Å²) in [5.41, 5.74) is 5.80. The molecule has 1 atom stereocenters. The van der Waals surface area contributed by atoms with Crippen molar-refractivity contribution in [3.05, 3.63) is 0 Å². The fourth-order valence-corrected chi connectivity index (χ4v) is 1.98. The molecule has 1 amide bonds. The third kappa shape index (κ3) is 4.10. The normalized spacial score (nSPS) is 26.3. The standard InChI is InChI=1S/C12H24N2O2/c1-4-16-10-6-9(7-10)14-12(15)11(13)5-8(2)3/h8-11H,4-7,13H2,1-3H3,(H,14,15)/t9?,10?,11-/m1/s1. The van der Waals surface area contributed by atoms with Crippen LogP contribution in [0, 0.1) is 5.92 Å². The predicted molar refractivity (Wildman–Crippen MR) is 64.0 cm³/mol. The zero-order valence-corrected chi connectivity index (χ0v) is 10.5. The van der Waals surface area contributed by atoms with Crippen LogP contribution in [0.1, 0.15) is 40.0 Å². The first kappa shape index (κ1) is 13.5. The summed E-state index contributed by atoms with van der Waals surface area (Å²) < 4.78 is 5.43. The zero-order chi connectivity index (χ0) is 12.1. The van der Waals surface area contributed by atoms with Crippen LogP contribution in [-0.2, 0) is 9.53 Å². The Kier molecular flexibility index (Phi) is 5.22. The predicted octanol–water partition coefficient (Wildman–Crippen LogP) is 1.04. The molecule has 1 aliphatic carbocycles. The Morgan fingerprint density at radius 3 is 2.62 bits per heavy atom. The Morgan fingerprint density at radius 2 is 2.12 bits per heavy atom. The summed E-state index contributed by atoms with van der Waals surface area (Å²) in [6, 6.07) is -0.103. The molecule has 4 heteroatoms. The van der Waals surface area contributed by atoms with Crippen LogP contribution in [-0.4, -0.2) is 30.7 Å². The molecule has 1 saturated carbocycles. The summed E-state index contributed by atoms with van der Waals surface area (Å²) in [7, 11) is 0. The maximum absolute atomic E-state index is 11.7. The molecule has 16 heavy (non-hydrogen) atoms. The largest absolute Gasteiger partial charge is 0.378 e. The van der Waals surface area contributed by atoms with E-state index in [2.05, 4.69) is 19.2 Å². The van der Waals surface area contributed by atoms with Crippen molar-refractivity contribution in [1.29, 1.82) is 0 Å². The van der Waals surface area contributed by atoms with Crippen LogP contribution in [0.25, 0.3) is 0 Å². The summed E-state index contributed by atoms with van der Waals surface area (Å²) in [6.07, 6.45) is 2.92. The van der Waals surface area contributed by atoms with E-state index in [4.69, 9.17) is 10.5 Å². The third-order valence-corrected chi connectivity index (χ3v) is 2.91. The minimum atomic E-state index is -0.369. The Bertz CT molecular complexity index is 225. The lowest BCUT2D eigenvalue weighted by atomic mass is 9.88. The third-order valence-electron chi connectivity index (χ3n) is 2.91. The van der Waals surface area contributed by atoms with Gasteiger partial charge in [0, 0.05) is 12.6 Å². The van der Waals surface area contributed by atoms with E-state index in [1.165, 1.54) is 0 Å². The van der Waals surface area contributed by atoms with Crippen LogP contribution < -0.4 is 11.1 Å². The van der Waals surface area contributed by atoms with Gasteiger partial charge in [0.05, 0.1) is 12.1 Å². The van der Waals surface area contributed by atoms with Crippen LogP contribution in [0.3, 0.4) is 0 Å². The fourth-order valence-electron chi connectivity index (χ4n) is 1.98. The molecule has 0 aromatic rings. The molecule has 0 aromatic carbocycles. The summed E-state index contributed by atoms with van der Waals surface area (Å²) in [5, 5.41) is 2.97. The van der Waals surface area contributed by atoms with E-state index >= 15 is 0 Å². The van der Waals surface area contributed by atoms with E-state index < -0.39 is 0 Å². The van der Waals surface area contributed by atoms with Crippen LogP contribution >= 0.6 is 0 Å². The van der Waals surface area contributed by atoms with Gasteiger partial charge in [-0.25, -0.2) is 0 Å². The van der Waals surface area contributed by atoms with Gasteiger partial charge in [0.25, 0.3) is 0 Å². The molecule has 0 spiro atoms. The minimum Gasteiger partial charge on any atom is -0.378 e. The van der Waals surface area contributed by atoms with Gasteiger partial charge in [-0.05, 0) is 32.1 Å². The van der Waals surface area contributed by atoms with Gasteiger partial charge in [-0.3, -0.25) is 4.79 Å². The number of carbonyl (C=O) groups excluding carboxylic acids is 1. The van der Waals surface area contributed by atoms with Crippen molar-refractivity contribution >= 4 is 5.91 Å². The van der Waals surface area contributed by atoms with E-state index in [0.717, 1.165) is 25.9 Å². The molecule has 0 unspecified atom stereocenters. The highest BCUT2D eigenvalue weighted by Gasteiger charge is 2.31. The van der Waals surface area contributed by atoms with Crippen molar-refractivity contribution in [1.82, 2.24) is 5.32 Å². The Hall–Kier alpha value is -0.610. The molecule has 0 aromatic heterocycles. The molecule has 0 radical (unpaired) electrons. The lowest BCUT2D eigenvalue weighted by Gasteiger charge is -2.36. The second-order valence-electron chi connectivity index (χ2n) is 4.99. The highest BCUT2D eigenvalue weighted by atomic mass is 16.5. The van der Waals surface area contributed by atoms with Gasteiger partial charge >= 0.3 is 0 Å². The Labute approximate surface area is 97.9 Å². The summed E-state index contributed by atoms with van der Waals surface area (Å²) in [4.78, 5) is 11.7. The smallest absolute Gasteiger partial charge is 0.237 e. The van der Waals surface area contributed by atoms with Crippen molar-refractivity contribution in [3.8, 4) is 0 Å². The Balaban J connectivity index is 2.16. The molecule has 3 N–H and O–H groups in total. The first-order valence-corrected chi connectivity index (χ1v) is 6.20. The number of carbonyl (C=O) groups is 1. The number of hydrogen-bond donors (Lipinski definition) is 2. The molecule has 0 bridgehead atoms. The van der Waals surface area contributed by atoms with Gasteiger partial charge in [0.2, 0.25) is 5.91 Å². The van der Waals surface area contributed by atoms with Gasteiger partial charge in [-0.1, -0.05) is 13.8 Å². The lowest BCUT2D eigenvalue weighted by Crippen LogP contribution is -2.52. The van der Waals surface area contributed by atoms with Crippen LogP contribution in [0.4, 0.5) is 0 Å². The van der Waals surface area contributed by atoms with Crippen LogP contribution in [0.5, 0.6) is 0 Å². The van der Waals surface area contributed by atoms with Gasteiger partial charge in [-0.15, -0.1) is 0 Å². The SMILES string of the molecule is CCOC1CC(NC(=O)[C@H](N)CC(C)C)C1. The first-order valence-electron chi connectivity index (χ1n) is 6.20. The quantitative estimate of drug-likeness (QED) is 0.714. The maximum Gasteiger partial charge on any atom is 0.237 e. The van der Waals surface area contributed by atoms with E-state index in [1.807, 2.05) is 6.92 Å². The van der Waals surface area contributed by atoms with E-state index in [-0.39, 0.29) is 18.0 Å². The van der Waals surface area contributed by atoms with Crippen molar-refractivity contribution < 1.29 is 9.53 Å². The van der Waals surface area contributed by atoms with Crippen LogP contribution in [0.2, 0.25) is 0 Å². The Morgan fingerprint density at radius 1 is 1.50 bits per heavy atom. The molecule has 0 heterocycles. The molecule has 0 saturated heterocycles. The van der Waals surface area contributed by atoms with E-state index in [9.17, 15) is 4.79 Å². The highest BCUT2D eigenvalue weighted by molar-refractivity contribution is 5.81. The van der Waals surface area contributed by atoms with Crippen molar-refractivity contribution in [2.75, 3.05) is 6.61 Å². The van der Waals surface area contributed by atoms with Gasteiger partial charge in [-0.2, -0.15) is 0 Å². The average Bonchev–Trinajstić information content (AvgIpc) is 2.13. The minimum absolute atomic E-state index is 0.0198. The number of nitrogens with one attached hydrogen (secondary N) is 1. The molecule has 1 fully saturated rings. The van der Waals surface area contributed by atoms with Gasteiger partial charge in [0.15, 0.2) is 0 Å². The molecule has 4 nitrogen and oxygen atoms in total. The molecular formula is C12H24N2O2. The summed E-state index contributed by atoms with van der Waals surface area (Å²) in [5.74, 6) is 0.437. The summed E-state index contributed by atoms with van der Waals surface area (Å²) >= 11 is 0. The fraction of sp³-hybridized carbons (Fsp3) is 0.917. The first-order chi connectivity index (χ1) is 7.52. The second kappa shape index (κ2) is 6.21. The van der Waals surface area contributed by atoms with E-state index in [0.29, 0.717) is 12.0 Å². The number of rotatable bonds is 6. The molecular weight excluding hydrogens is 204 g/mol. The number of hydrogen-bond acceptors (Lipinski definition) is 3. The second-order valence-corrected chi connectivity index (χ2v) is 4.99. The van der Waals surface area contributed by atoms with Crippen molar-refractivity contribution in [3.63, 3.8) is 0 Å². The number of ether oxygens (including phenoxy) is 1. The molecule has 1 rings (SSSR count). The van der Waals surface area contributed by atoms with Crippen molar-refractivity contribution in [2.24, 2.45) is 11.7 Å². The highest BCUT2D eigenvalue weighted by Crippen LogP contribution is 2.23. The number of nitrogens with two attached hydrogens (primary N) is 1. The molecule has 1 aliphatic rings. The van der Waals surface area contributed by atoms with Crippen LogP contribution in [0.15, 0.2) is 0 Å². The topological polar surface area (TPSA) is 64.3 Å². The zero-order valence-electron chi connectivity index (χ0n) is 10.5. The maximum atomic E-state index is 11.7. The monoisotopic (exact) mass is 228 g/mol. The average molecular weight is 228 g/mol. The molecule has 0 aliphatic heterocycles. The van der Waals surface area contributed by atoms with Gasteiger partial charge in [0.1, 0.15) is 0 Å². The lowest BCUT2D eigenvalue weighted by molar-refractivity contribution is -0.125. The van der Waals surface area contributed by atoms with E-state index in [1.54, 1.807) is 0 Å². The summed E-state index contributed by atoms with van der Waals surface area (Å²) in [6.45, 7) is 6.88. The molecule has 94 valence electrons.